The summed E-state index contributed by atoms with van der Waals surface area (Å²) in [6, 6.07) is 2.67. The number of oxazole rings is 1. The summed E-state index contributed by atoms with van der Waals surface area (Å²) in [5, 5.41) is 3.19. The molecule has 0 radical (unpaired) electrons. The summed E-state index contributed by atoms with van der Waals surface area (Å²) in [5.41, 5.74) is 6.23. The molecule has 4 nitrogen and oxygen atoms in total. The molecule has 0 saturated heterocycles. The molecule has 3 N–H and O–H groups in total. The van der Waals surface area contributed by atoms with Crippen molar-refractivity contribution in [3.8, 4) is 0 Å². The molecule has 0 atom stereocenters. The number of hydrogen-bond donors (Lipinski definition) is 2. The second-order valence-corrected chi connectivity index (χ2v) is 5.35. The molecule has 0 spiro atoms. The molecular formula is C14H17F2N3O. The molecule has 1 heterocycles. The Kier molecular flexibility index (Phi) is 3.56. The first-order valence-corrected chi connectivity index (χ1v) is 6.88. The fraction of sp³-hybridized carbons (Fsp3) is 0.500. The number of benzene rings is 1. The van der Waals surface area contributed by atoms with Crippen molar-refractivity contribution < 1.29 is 13.2 Å². The van der Waals surface area contributed by atoms with Crippen molar-refractivity contribution in [3.63, 3.8) is 0 Å². The Morgan fingerprint density at radius 3 is 2.60 bits per heavy atom. The topological polar surface area (TPSA) is 64.1 Å². The predicted molar refractivity (Wildman–Crippen MR) is 72.3 cm³/mol. The third kappa shape index (κ3) is 2.60. The van der Waals surface area contributed by atoms with Crippen molar-refractivity contribution in [2.45, 2.75) is 31.7 Å². The highest BCUT2D eigenvalue weighted by Gasteiger charge is 2.21. The number of rotatable bonds is 3. The zero-order valence-corrected chi connectivity index (χ0v) is 11.0. The molecule has 1 aromatic carbocycles. The third-order valence-corrected chi connectivity index (χ3v) is 3.94. The van der Waals surface area contributed by atoms with Crippen molar-refractivity contribution in [2.75, 3.05) is 11.9 Å². The van der Waals surface area contributed by atoms with Gasteiger partial charge in [0, 0.05) is 18.2 Å². The van der Waals surface area contributed by atoms with Crippen LogP contribution in [0.5, 0.6) is 0 Å². The van der Waals surface area contributed by atoms with Gasteiger partial charge in [-0.25, -0.2) is 8.78 Å². The van der Waals surface area contributed by atoms with Gasteiger partial charge in [0.05, 0.1) is 0 Å². The molecular weight excluding hydrogens is 264 g/mol. The van der Waals surface area contributed by atoms with Crippen LogP contribution in [0.4, 0.5) is 14.8 Å². The number of halogens is 2. The Morgan fingerprint density at radius 2 is 1.90 bits per heavy atom. The van der Waals surface area contributed by atoms with Gasteiger partial charge in [0.2, 0.25) is 0 Å². The summed E-state index contributed by atoms with van der Waals surface area (Å²) in [7, 11) is 0. The Morgan fingerprint density at radius 1 is 1.20 bits per heavy atom. The van der Waals surface area contributed by atoms with Gasteiger partial charge >= 0.3 is 0 Å². The lowest BCUT2D eigenvalue weighted by atomic mass is 9.86. The maximum absolute atomic E-state index is 13.1. The normalized spacial score (nSPS) is 23.1. The second kappa shape index (κ2) is 5.36. The monoisotopic (exact) mass is 281 g/mol. The second-order valence-electron chi connectivity index (χ2n) is 5.35. The van der Waals surface area contributed by atoms with Crippen molar-refractivity contribution in [2.24, 2.45) is 11.7 Å². The molecule has 6 heteroatoms. The number of anilines is 1. The van der Waals surface area contributed by atoms with E-state index in [4.69, 9.17) is 10.2 Å². The highest BCUT2D eigenvalue weighted by atomic mass is 19.2. The van der Waals surface area contributed by atoms with E-state index in [1.807, 2.05) is 0 Å². The molecule has 3 rings (SSSR count). The first-order valence-electron chi connectivity index (χ1n) is 6.88. The van der Waals surface area contributed by atoms with E-state index >= 15 is 0 Å². The molecule has 1 aliphatic carbocycles. The van der Waals surface area contributed by atoms with Gasteiger partial charge in [-0.15, -0.1) is 0 Å². The number of nitrogens with one attached hydrogen (secondary N) is 1. The number of nitrogens with zero attached hydrogens (tertiary/aromatic N) is 1. The van der Waals surface area contributed by atoms with E-state index in [0.29, 0.717) is 17.4 Å². The lowest BCUT2D eigenvalue weighted by Gasteiger charge is -2.27. The Bertz CT molecular complexity index is 567. The summed E-state index contributed by atoms with van der Waals surface area (Å²) in [6.07, 6.45) is 4.17. The van der Waals surface area contributed by atoms with Gasteiger partial charge in [0.15, 0.2) is 17.2 Å². The molecule has 0 aliphatic heterocycles. The maximum atomic E-state index is 13.1. The van der Waals surface area contributed by atoms with Gasteiger partial charge in [0.25, 0.3) is 6.01 Å². The molecule has 0 amide bonds. The zero-order chi connectivity index (χ0) is 14.1. The van der Waals surface area contributed by atoms with E-state index in [1.165, 1.54) is 0 Å². The number of aromatic nitrogens is 1. The predicted octanol–water partition coefficient (Wildman–Crippen LogP) is 3.04. The van der Waals surface area contributed by atoms with Gasteiger partial charge < -0.3 is 15.5 Å². The first kappa shape index (κ1) is 13.3. The standard InChI is InChI=1S/C14H17F2N3O/c15-10-5-12-13(6-11(10)16)20-14(19-12)18-9-3-1-8(7-17)2-4-9/h5-6,8-9H,1-4,7,17H2,(H,18,19)/t8-,9-. The molecule has 2 aromatic rings. The number of nitrogens with two attached hydrogens (primary N) is 1. The highest BCUT2D eigenvalue weighted by Crippen LogP contribution is 2.27. The number of fused-ring (bicyclic) bond motifs is 1. The van der Waals surface area contributed by atoms with Crippen molar-refractivity contribution in [1.29, 1.82) is 0 Å². The van der Waals surface area contributed by atoms with Crippen LogP contribution in [0.1, 0.15) is 25.7 Å². The average Bonchev–Trinajstić information content (AvgIpc) is 2.81. The molecule has 1 saturated carbocycles. The van der Waals surface area contributed by atoms with Crippen molar-refractivity contribution >= 4 is 17.1 Å². The van der Waals surface area contributed by atoms with Crippen LogP contribution in [0.3, 0.4) is 0 Å². The van der Waals surface area contributed by atoms with Crippen LogP contribution < -0.4 is 11.1 Å². The van der Waals surface area contributed by atoms with E-state index in [1.54, 1.807) is 0 Å². The summed E-state index contributed by atoms with van der Waals surface area (Å²) < 4.78 is 31.6. The third-order valence-electron chi connectivity index (χ3n) is 3.94. The minimum absolute atomic E-state index is 0.252. The Balaban J connectivity index is 1.72. The minimum Gasteiger partial charge on any atom is -0.423 e. The van der Waals surface area contributed by atoms with Crippen LogP contribution in [0.25, 0.3) is 11.1 Å². The molecule has 108 valence electrons. The van der Waals surface area contributed by atoms with E-state index in [-0.39, 0.29) is 11.6 Å². The van der Waals surface area contributed by atoms with Gasteiger partial charge in [-0.1, -0.05) is 0 Å². The largest absolute Gasteiger partial charge is 0.423 e. The van der Waals surface area contributed by atoms with Crippen LogP contribution in [0, 0.1) is 17.6 Å². The summed E-state index contributed by atoms with van der Waals surface area (Å²) in [5.74, 6) is -1.25. The molecule has 0 bridgehead atoms. The maximum Gasteiger partial charge on any atom is 0.295 e. The van der Waals surface area contributed by atoms with Gasteiger partial charge in [-0.3, -0.25) is 0 Å². The van der Waals surface area contributed by atoms with Gasteiger partial charge in [0.1, 0.15) is 5.52 Å². The minimum atomic E-state index is -0.927. The van der Waals surface area contributed by atoms with E-state index in [0.717, 1.165) is 44.4 Å². The van der Waals surface area contributed by atoms with E-state index in [2.05, 4.69) is 10.3 Å². The summed E-state index contributed by atoms with van der Waals surface area (Å²) in [4.78, 5) is 4.14. The zero-order valence-electron chi connectivity index (χ0n) is 11.0. The smallest absolute Gasteiger partial charge is 0.295 e. The molecule has 20 heavy (non-hydrogen) atoms. The summed E-state index contributed by atoms with van der Waals surface area (Å²) in [6.45, 7) is 0.730. The Labute approximate surface area is 115 Å². The van der Waals surface area contributed by atoms with Gasteiger partial charge in [-0.05, 0) is 38.1 Å². The van der Waals surface area contributed by atoms with Crippen LogP contribution in [-0.4, -0.2) is 17.6 Å². The van der Waals surface area contributed by atoms with Gasteiger partial charge in [-0.2, -0.15) is 4.98 Å². The van der Waals surface area contributed by atoms with Crippen molar-refractivity contribution in [1.82, 2.24) is 4.98 Å². The summed E-state index contributed by atoms with van der Waals surface area (Å²) >= 11 is 0. The fourth-order valence-corrected chi connectivity index (χ4v) is 2.70. The quantitative estimate of drug-likeness (QED) is 0.907. The lowest BCUT2D eigenvalue weighted by Crippen LogP contribution is -2.29. The highest BCUT2D eigenvalue weighted by molar-refractivity contribution is 5.74. The molecule has 1 aliphatic rings. The average molecular weight is 281 g/mol. The van der Waals surface area contributed by atoms with Crippen molar-refractivity contribution in [3.05, 3.63) is 23.8 Å². The fourth-order valence-electron chi connectivity index (χ4n) is 2.70. The molecule has 1 fully saturated rings. The SMILES string of the molecule is NC[C@H]1CC[C@H](Nc2nc3cc(F)c(F)cc3o2)CC1. The van der Waals surface area contributed by atoms with E-state index in [9.17, 15) is 8.78 Å². The van der Waals surface area contributed by atoms with Crippen LogP contribution >= 0.6 is 0 Å². The number of hydrogen-bond acceptors (Lipinski definition) is 4. The molecule has 1 aromatic heterocycles. The van der Waals surface area contributed by atoms with Crippen LogP contribution in [0.2, 0.25) is 0 Å². The van der Waals surface area contributed by atoms with E-state index < -0.39 is 11.6 Å². The van der Waals surface area contributed by atoms with Crippen LogP contribution in [0.15, 0.2) is 16.5 Å². The lowest BCUT2D eigenvalue weighted by molar-refractivity contribution is 0.341. The Hall–Kier alpha value is -1.69. The molecule has 0 unspecified atom stereocenters. The van der Waals surface area contributed by atoms with Crippen LogP contribution in [-0.2, 0) is 0 Å². The first-order chi connectivity index (χ1) is 9.65.